The van der Waals surface area contributed by atoms with E-state index < -0.39 is 0 Å². The van der Waals surface area contributed by atoms with Gasteiger partial charge in [0.05, 0.1) is 24.7 Å². The minimum Gasteiger partial charge on any atom is -0.337 e. The fraction of sp³-hybridized carbons (Fsp3) is 0.455. The molecule has 8 heteroatoms. The number of rotatable bonds is 3. The van der Waals surface area contributed by atoms with E-state index in [-0.39, 0.29) is 35.7 Å². The van der Waals surface area contributed by atoms with Gasteiger partial charge in [-0.3, -0.25) is 14.4 Å². The monoisotopic (exact) mass is 412 g/mol. The van der Waals surface area contributed by atoms with Gasteiger partial charge in [-0.1, -0.05) is 12.1 Å². The van der Waals surface area contributed by atoms with Crippen LogP contribution < -0.4 is 5.56 Å². The first kappa shape index (κ1) is 20.3. The Bertz CT molecular complexity index is 1020. The standard InChI is InChI=1S/C22H25FN4O3/c1-14(28)26-11-9-17-18(13-26)24-21(25-22(17)30)19-4-2-3-10-27(19)20(29)12-15-5-7-16(23)8-6-15/h5-8,19H,2-4,9-13H2,1H3,(H,24,25,30)/t19-/m1/s1. The van der Waals surface area contributed by atoms with Gasteiger partial charge in [0.25, 0.3) is 5.56 Å². The van der Waals surface area contributed by atoms with Crippen LogP contribution in [0.2, 0.25) is 0 Å². The largest absolute Gasteiger partial charge is 0.337 e. The average molecular weight is 412 g/mol. The first-order valence-electron chi connectivity index (χ1n) is 10.3. The molecule has 1 fully saturated rings. The van der Waals surface area contributed by atoms with Gasteiger partial charge in [0.2, 0.25) is 11.8 Å². The SMILES string of the molecule is CC(=O)N1CCc2c(nc([C@H]3CCCCN3C(=O)Cc3ccc(F)cc3)[nH]c2=O)C1. The second kappa shape index (κ2) is 8.38. The highest BCUT2D eigenvalue weighted by Crippen LogP contribution is 2.30. The van der Waals surface area contributed by atoms with Crippen LogP contribution in [0.3, 0.4) is 0 Å². The normalized spacial score (nSPS) is 18.8. The van der Waals surface area contributed by atoms with Gasteiger partial charge in [-0.25, -0.2) is 9.37 Å². The predicted octanol–water partition coefficient (Wildman–Crippen LogP) is 2.11. The van der Waals surface area contributed by atoms with Gasteiger partial charge in [0.1, 0.15) is 11.6 Å². The Labute approximate surface area is 173 Å². The van der Waals surface area contributed by atoms with E-state index in [0.717, 1.165) is 18.4 Å². The highest BCUT2D eigenvalue weighted by atomic mass is 19.1. The van der Waals surface area contributed by atoms with Crippen molar-refractivity contribution in [2.24, 2.45) is 0 Å². The van der Waals surface area contributed by atoms with Gasteiger partial charge in [-0.05, 0) is 43.4 Å². The van der Waals surface area contributed by atoms with Crippen LogP contribution in [-0.2, 0) is 29.0 Å². The summed E-state index contributed by atoms with van der Waals surface area (Å²) in [6.45, 7) is 2.93. The molecule has 3 heterocycles. The zero-order valence-corrected chi connectivity index (χ0v) is 17.0. The highest BCUT2D eigenvalue weighted by molar-refractivity contribution is 5.79. The van der Waals surface area contributed by atoms with E-state index in [1.165, 1.54) is 19.1 Å². The summed E-state index contributed by atoms with van der Waals surface area (Å²) in [5.41, 5.74) is 1.80. The molecule has 2 amide bonds. The number of aromatic amines is 1. The van der Waals surface area contributed by atoms with E-state index in [4.69, 9.17) is 0 Å². The Kier molecular flexibility index (Phi) is 5.65. The fourth-order valence-corrected chi connectivity index (χ4v) is 4.28. The number of H-pyrrole nitrogens is 1. The minimum atomic E-state index is -0.336. The number of nitrogens with one attached hydrogen (secondary N) is 1. The number of benzene rings is 1. The number of nitrogens with zero attached hydrogens (tertiary/aromatic N) is 3. The number of carbonyl (C=O) groups is 2. The average Bonchev–Trinajstić information content (AvgIpc) is 2.74. The van der Waals surface area contributed by atoms with Crippen LogP contribution >= 0.6 is 0 Å². The third kappa shape index (κ3) is 4.13. The van der Waals surface area contributed by atoms with Crippen molar-refractivity contribution >= 4 is 11.8 Å². The van der Waals surface area contributed by atoms with E-state index >= 15 is 0 Å². The number of hydrogen-bond donors (Lipinski definition) is 1. The van der Waals surface area contributed by atoms with Crippen LogP contribution in [0.5, 0.6) is 0 Å². The molecule has 0 saturated carbocycles. The summed E-state index contributed by atoms with van der Waals surface area (Å²) in [5.74, 6) is 0.0314. The zero-order valence-electron chi connectivity index (χ0n) is 17.0. The van der Waals surface area contributed by atoms with Gasteiger partial charge < -0.3 is 14.8 Å². The molecule has 1 saturated heterocycles. The van der Waals surface area contributed by atoms with E-state index in [0.29, 0.717) is 49.6 Å². The van der Waals surface area contributed by atoms with Crippen molar-refractivity contribution in [2.45, 2.75) is 51.6 Å². The molecule has 0 radical (unpaired) electrons. The Morgan fingerprint density at radius 1 is 1.20 bits per heavy atom. The van der Waals surface area contributed by atoms with Gasteiger partial charge in [-0.2, -0.15) is 0 Å². The maximum absolute atomic E-state index is 13.2. The molecule has 2 aliphatic heterocycles. The molecule has 1 N–H and O–H groups in total. The molecule has 0 bridgehead atoms. The van der Waals surface area contributed by atoms with E-state index in [1.807, 2.05) is 0 Å². The first-order valence-corrected chi connectivity index (χ1v) is 10.3. The van der Waals surface area contributed by atoms with Crippen molar-refractivity contribution in [1.29, 1.82) is 0 Å². The molecule has 7 nitrogen and oxygen atoms in total. The lowest BCUT2D eigenvalue weighted by atomic mass is 9.99. The summed E-state index contributed by atoms with van der Waals surface area (Å²) < 4.78 is 13.2. The van der Waals surface area contributed by atoms with Gasteiger partial charge in [-0.15, -0.1) is 0 Å². The lowest BCUT2D eigenvalue weighted by Crippen LogP contribution is -2.42. The van der Waals surface area contributed by atoms with Crippen LogP contribution in [0, 0.1) is 5.82 Å². The molecule has 30 heavy (non-hydrogen) atoms. The molecule has 1 atom stereocenters. The Balaban J connectivity index is 1.59. The molecule has 158 valence electrons. The van der Waals surface area contributed by atoms with Gasteiger partial charge in [0.15, 0.2) is 0 Å². The minimum absolute atomic E-state index is 0.0435. The smallest absolute Gasteiger partial charge is 0.254 e. The van der Waals surface area contributed by atoms with Crippen molar-refractivity contribution < 1.29 is 14.0 Å². The summed E-state index contributed by atoms with van der Waals surface area (Å²) in [4.78, 5) is 48.5. The van der Waals surface area contributed by atoms with Crippen LogP contribution in [0.4, 0.5) is 4.39 Å². The third-order valence-corrected chi connectivity index (χ3v) is 5.94. The van der Waals surface area contributed by atoms with Gasteiger partial charge >= 0.3 is 0 Å². The number of halogens is 1. The molecule has 1 aromatic carbocycles. The molecule has 0 unspecified atom stereocenters. The van der Waals surface area contributed by atoms with E-state index in [9.17, 15) is 18.8 Å². The molecule has 2 aliphatic rings. The maximum atomic E-state index is 13.2. The second-order valence-electron chi connectivity index (χ2n) is 7.97. The topological polar surface area (TPSA) is 86.4 Å². The van der Waals surface area contributed by atoms with Crippen molar-refractivity contribution in [3.8, 4) is 0 Å². The molecular weight excluding hydrogens is 387 g/mol. The number of aromatic nitrogens is 2. The summed E-state index contributed by atoms with van der Waals surface area (Å²) in [7, 11) is 0. The van der Waals surface area contributed by atoms with Crippen LogP contribution in [-0.4, -0.2) is 44.7 Å². The number of fused-ring (bicyclic) bond motifs is 1. The molecule has 0 spiro atoms. The lowest BCUT2D eigenvalue weighted by Gasteiger charge is -2.36. The molecule has 1 aromatic heterocycles. The van der Waals surface area contributed by atoms with Crippen molar-refractivity contribution in [1.82, 2.24) is 19.8 Å². The lowest BCUT2D eigenvalue weighted by molar-refractivity contribution is -0.134. The third-order valence-electron chi connectivity index (χ3n) is 5.94. The number of piperidine rings is 1. The summed E-state index contributed by atoms with van der Waals surface area (Å²) >= 11 is 0. The fourth-order valence-electron chi connectivity index (χ4n) is 4.28. The second-order valence-corrected chi connectivity index (χ2v) is 7.97. The van der Waals surface area contributed by atoms with Gasteiger partial charge in [0, 0.05) is 25.6 Å². The summed E-state index contributed by atoms with van der Waals surface area (Å²) in [6, 6.07) is 5.61. The van der Waals surface area contributed by atoms with Crippen LogP contribution in [0.25, 0.3) is 0 Å². The molecule has 0 aliphatic carbocycles. The number of amides is 2. The van der Waals surface area contributed by atoms with Crippen LogP contribution in [0.15, 0.2) is 29.1 Å². The first-order chi connectivity index (χ1) is 14.4. The number of carbonyl (C=O) groups excluding carboxylic acids is 2. The van der Waals surface area contributed by atoms with E-state index in [1.54, 1.807) is 21.9 Å². The Hall–Kier alpha value is -3.03. The Morgan fingerprint density at radius 2 is 1.97 bits per heavy atom. The summed E-state index contributed by atoms with van der Waals surface area (Å²) in [6.07, 6.45) is 3.19. The highest BCUT2D eigenvalue weighted by Gasteiger charge is 2.31. The quantitative estimate of drug-likeness (QED) is 0.837. The molecule has 4 rings (SSSR count). The van der Waals surface area contributed by atoms with Crippen molar-refractivity contribution in [2.75, 3.05) is 13.1 Å². The van der Waals surface area contributed by atoms with Crippen molar-refractivity contribution in [3.63, 3.8) is 0 Å². The van der Waals surface area contributed by atoms with Crippen LogP contribution in [0.1, 0.15) is 54.9 Å². The predicted molar refractivity (Wildman–Crippen MR) is 108 cm³/mol. The maximum Gasteiger partial charge on any atom is 0.254 e. The Morgan fingerprint density at radius 3 is 2.70 bits per heavy atom. The summed E-state index contributed by atoms with van der Waals surface area (Å²) in [5, 5.41) is 0. The van der Waals surface area contributed by atoms with Crippen molar-refractivity contribution in [3.05, 3.63) is 63.1 Å². The zero-order chi connectivity index (χ0) is 21.3. The number of likely N-dealkylation sites (tertiary alicyclic amines) is 1. The number of hydrogen-bond acceptors (Lipinski definition) is 4. The van der Waals surface area contributed by atoms with E-state index in [2.05, 4.69) is 9.97 Å². The molecule has 2 aromatic rings. The molecular formula is C22H25FN4O3.